The van der Waals surface area contributed by atoms with Gasteiger partial charge in [-0.25, -0.2) is 13.1 Å². The highest BCUT2D eigenvalue weighted by Crippen LogP contribution is 2.33. The van der Waals surface area contributed by atoms with Crippen LogP contribution in [-0.2, 0) is 16.6 Å². The molecule has 1 aliphatic carbocycles. The number of hydrogen-bond acceptors (Lipinski definition) is 4. The molecule has 0 aliphatic heterocycles. The van der Waals surface area contributed by atoms with E-state index in [4.69, 9.17) is 10.5 Å². The maximum absolute atomic E-state index is 12.3. The zero-order valence-corrected chi connectivity index (χ0v) is 12.1. The molecule has 106 valence electrons. The van der Waals surface area contributed by atoms with Gasteiger partial charge in [-0.15, -0.1) is 0 Å². The Bertz CT molecular complexity index is 565. The largest absolute Gasteiger partial charge is 0.496 e. The second-order valence-electron chi connectivity index (χ2n) is 5.20. The smallest absolute Gasteiger partial charge is 0.241 e. The average Bonchev–Trinajstić information content (AvgIpc) is 2.35. The average molecular weight is 284 g/mol. The lowest BCUT2D eigenvalue weighted by Gasteiger charge is -2.38. The van der Waals surface area contributed by atoms with Crippen molar-refractivity contribution in [3.8, 4) is 5.75 Å². The van der Waals surface area contributed by atoms with Crippen LogP contribution in [0.5, 0.6) is 5.75 Å². The summed E-state index contributed by atoms with van der Waals surface area (Å²) in [4.78, 5) is 0.238. The van der Waals surface area contributed by atoms with Crippen LogP contribution in [0.15, 0.2) is 23.1 Å². The van der Waals surface area contributed by atoms with Crippen molar-refractivity contribution in [1.82, 2.24) is 4.72 Å². The summed E-state index contributed by atoms with van der Waals surface area (Å²) in [5, 5.41) is 0. The van der Waals surface area contributed by atoms with Gasteiger partial charge in [0.15, 0.2) is 0 Å². The van der Waals surface area contributed by atoms with Crippen LogP contribution in [0.25, 0.3) is 0 Å². The van der Waals surface area contributed by atoms with Gasteiger partial charge in [-0.1, -0.05) is 0 Å². The minimum Gasteiger partial charge on any atom is -0.496 e. The molecule has 0 amide bonds. The van der Waals surface area contributed by atoms with E-state index < -0.39 is 10.0 Å². The SMILES string of the molecule is COc1ccc(S(=O)(=O)NC2(C)CCC2)cc1CN. The maximum atomic E-state index is 12.3. The van der Waals surface area contributed by atoms with Crippen LogP contribution in [0, 0.1) is 0 Å². The summed E-state index contributed by atoms with van der Waals surface area (Å²) < 4.78 is 32.5. The molecular formula is C13H20N2O3S. The third kappa shape index (κ3) is 2.91. The van der Waals surface area contributed by atoms with Crippen molar-refractivity contribution >= 4 is 10.0 Å². The quantitative estimate of drug-likeness (QED) is 0.855. The second-order valence-corrected chi connectivity index (χ2v) is 6.88. The van der Waals surface area contributed by atoms with E-state index in [9.17, 15) is 8.42 Å². The molecule has 0 saturated heterocycles. The van der Waals surface area contributed by atoms with Crippen molar-refractivity contribution in [1.29, 1.82) is 0 Å². The summed E-state index contributed by atoms with van der Waals surface area (Å²) in [5.74, 6) is 0.608. The predicted molar refractivity (Wildman–Crippen MR) is 73.5 cm³/mol. The van der Waals surface area contributed by atoms with E-state index in [1.165, 1.54) is 7.11 Å². The summed E-state index contributed by atoms with van der Waals surface area (Å²) in [6.07, 6.45) is 2.83. The molecule has 1 aromatic carbocycles. The molecule has 0 heterocycles. The normalized spacial score (nSPS) is 17.8. The molecule has 1 aliphatic rings. The molecule has 6 heteroatoms. The van der Waals surface area contributed by atoms with Gasteiger partial charge < -0.3 is 10.5 Å². The Kier molecular flexibility index (Phi) is 3.85. The summed E-state index contributed by atoms with van der Waals surface area (Å²) >= 11 is 0. The lowest BCUT2D eigenvalue weighted by atomic mass is 9.80. The van der Waals surface area contributed by atoms with E-state index in [0.29, 0.717) is 11.3 Å². The van der Waals surface area contributed by atoms with Crippen LogP contribution in [-0.4, -0.2) is 21.1 Å². The summed E-state index contributed by atoms with van der Waals surface area (Å²) in [7, 11) is -1.96. The third-order valence-electron chi connectivity index (χ3n) is 3.62. The van der Waals surface area contributed by atoms with E-state index in [2.05, 4.69) is 4.72 Å². The Morgan fingerprint density at radius 2 is 2.11 bits per heavy atom. The van der Waals surface area contributed by atoms with Crippen LogP contribution in [0.4, 0.5) is 0 Å². The Hall–Kier alpha value is -1.11. The molecule has 0 bridgehead atoms. The van der Waals surface area contributed by atoms with Gasteiger partial charge in [0.25, 0.3) is 0 Å². The van der Waals surface area contributed by atoms with Crippen LogP contribution in [0.3, 0.4) is 0 Å². The lowest BCUT2D eigenvalue weighted by molar-refractivity contribution is 0.248. The van der Waals surface area contributed by atoms with Gasteiger partial charge in [0.1, 0.15) is 5.75 Å². The fraction of sp³-hybridized carbons (Fsp3) is 0.538. The first-order chi connectivity index (χ1) is 8.90. The number of nitrogens with two attached hydrogens (primary N) is 1. The van der Waals surface area contributed by atoms with E-state index in [1.54, 1.807) is 18.2 Å². The number of rotatable bonds is 5. The number of sulfonamides is 1. The van der Waals surface area contributed by atoms with Crippen molar-refractivity contribution < 1.29 is 13.2 Å². The maximum Gasteiger partial charge on any atom is 0.241 e. The number of benzene rings is 1. The zero-order chi connectivity index (χ0) is 14.1. The summed E-state index contributed by atoms with van der Waals surface area (Å²) in [6.45, 7) is 2.17. The number of ether oxygens (including phenoxy) is 1. The molecule has 0 unspecified atom stereocenters. The third-order valence-corrected chi connectivity index (χ3v) is 5.26. The Balaban J connectivity index is 2.30. The Labute approximate surface area is 114 Å². The van der Waals surface area contributed by atoms with Crippen LogP contribution >= 0.6 is 0 Å². The summed E-state index contributed by atoms with van der Waals surface area (Å²) in [6, 6.07) is 4.76. The minimum atomic E-state index is -3.50. The van der Waals surface area contributed by atoms with Crippen molar-refractivity contribution in [2.75, 3.05) is 7.11 Å². The van der Waals surface area contributed by atoms with Gasteiger partial charge >= 0.3 is 0 Å². The topological polar surface area (TPSA) is 81.4 Å². The summed E-state index contributed by atoms with van der Waals surface area (Å²) in [5.41, 5.74) is 5.99. The Morgan fingerprint density at radius 3 is 2.58 bits per heavy atom. The fourth-order valence-corrected chi connectivity index (χ4v) is 3.79. The molecule has 0 radical (unpaired) electrons. The molecule has 0 spiro atoms. The van der Waals surface area contributed by atoms with Crippen LogP contribution in [0.1, 0.15) is 31.7 Å². The van der Waals surface area contributed by atoms with Gasteiger partial charge in [0, 0.05) is 17.6 Å². The predicted octanol–water partition coefficient (Wildman–Crippen LogP) is 1.37. The van der Waals surface area contributed by atoms with Crippen LogP contribution < -0.4 is 15.2 Å². The monoisotopic (exact) mass is 284 g/mol. The highest BCUT2D eigenvalue weighted by Gasteiger charge is 2.36. The van der Waals surface area contributed by atoms with Gasteiger partial charge in [0.05, 0.1) is 12.0 Å². The first-order valence-corrected chi connectivity index (χ1v) is 7.79. The highest BCUT2D eigenvalue weighted by molar-refractivity contribution is 7.89. The molecule has 2 rings (SSSR count). The number of hydrogen-bond donors (Lipinski definition) is 2. The zero-order valence-electron chi connectivity index (χ0n) is 11.3. The van der Waals surface area contributed by atoms with Gasteiger partial charge in [-0.05, 0) is 44.4 Å². The molecule has 1 fully saturated rings. The van der Waals surface area contributed by atoms with Crippen molar-refractivity contribution in [2.45, 2.75) is 43.2 Å². The molecule has 0 aromatic heterocycles. The van der Waals surface area contributed by atoms with Gasteiger partial charge in [-0.3, -0.25) is 0 Å². The van der Waals surface area contributed by atoms with Gasteiger partial charge in [0.2, 0.25) is 10.0 Å². The first kappa shape index (κ1) is 14.3. The van der Waals surface area contributed by atoms with Crippen LogP contribution in [0.2, 0.25) is 0 Å². The molecule has 1 saturated carbocycles. The molecule has 1 aromatic rings. The molecular weight excluding hydrogens is 264 g/mol. The van der Waals surface area contributed by atoms with Gasteiger partial charge in [-0.2, -0.15) is 0 Å². The molecule has 3 N–H and O–H groups in total. The van der Waals surface area contributed by atoms with Crippen molar-refractivity contribution in [3.63, 3.8) is 0 Å². The molecule has 0 atom stereocenters. The minimum absolute atomic E-state index is 0.238. The first-order valence-electron chi connectivity index (χ1n) is 6.31. The van der Waals surface area contributed by atoms with E-state index >= 15 is 0 Å². The van der Waals surface area contributed by atoms with Crippen molar-refractivity contribution in [3.05, 3.63) is 23.8 Å². The lowest BCUT2D eigenvalue weighted by Crippen LogP contribution is -2.50. The Morgan fingerprint density at radius 1 is 1.42 bits per heavy atom. The standard InChI is InChI=1S/C13H20N2O3S/c1-13(6-3-7-13)15-19(16,17)11-4-5-12(18-2)10(8-11)9-14/h4-5,8,15H,3,6-7,9,14H2,1-2H3. The van der Waals surface area contributed by atoms with E-state index in [-0.39, 0.29) is 17.0 Å². The number of methoxy groups -OCH3 is 1. The highest BCUT2D eigenvalue weighted by atomic mass is 32.2. The fourth-order valence-electron chi connectivity index (χ4n) is 2.27. The second kappa shape index (κ2) is 5.11. The van der Waals surface area contributed by atoms with E-state index in [0.717, 1.165) is 19.3 Å². The molecule has 19 heavy (non-hydrogen) atoms. The van der Waals surface area contributed by atoms with E-state index in [1.807, 2.05) is 6.92 Å². The van der Waals surface area contributed by atoms with Crippen molar-refractivity contribution in [2.24, 2.45) is 5.73 Å². The number of nitrogens with one attached hydrogen (secondary N) is 1. The molecule has 5 nitrogen and oxygen atoms in total.